The van der Waals surface area contributed by atoms with E-state index < -0.39 is 0 Å². The van der Waals surface area contributed by atoms with Gasteiger partial charge in [0.1, 0.15) is 0 Å². The summed E-state index contributed by atoms with van der Waals surface area (Å²) in [6, 6.07) is 0.496. The van der Waals surface area contributed by atoms with Crippen molar-refractivity contribution in [3.05, 3.63) is 0 Å². The molecule has 1 rings (SSSR count). The van der Waals surface area contributed by atoms with Gasteiger partial charge >= 0.3 is 0 Å². The minimum Gasteiger partial charge on any atom is -0.393 e. The SMILES string of the molecule is CC(C)CC(O)CNC1CCC(O)CC1. The van der Waals surface area contributed by atoms with E-state index in [0.717, 1.165) is 32.1 Å². The van der Waals surface area contributed by atoms with Crippen molar-refractivity contribution >= 4 is 0 Å². The van der Waals surface area contributed by atoms with Gasteiger partial charge in [-0.05, 0) is 38.0 Å². The molecule has 90 valence electrons. The second-order valence-electron chi connectivity index (χ2n) is 5.20. The third kappa shape index (κ3) is 5.50. The van der Waals surface area contributed by atoms with Crippen LogP contribution in [0.15, 0.2) is 0 Å². The Bertz CT molecular complexity index is 165. The molecule has 15 heavy (non-hydrogen) atoms. The van der Waals surface area contributed by atoms with E-state index in [1.165, 1.54) is 0 Å². The maximum Gasteiger partial charge on any atom is 0.0667 e. The molecular formula is C12H25NO2. The molecule has 1 aliphatic rings. The van der Waals surface area contributed by atoms with Crippen molar-refractivity contribution in [3.63, 3.8) is 0 Å². The number of rotatable bonds is 5. The first-order valence-electron chi connectivity index (χ1n) is 6.17. The summed E-state index contributed by atoms with van der Waals surface area (Å²) in [5.41, 5.74) is 0. The van der Waals surface area contributed by atoms with Crippen LogP contribution in [0, 0.1) is 5.92 Å². The highest BCUT2D eigenvalue weighted by Gasteiger charge is 2.19. The Morgan fingerprint density at radius 1 is 1.20 bits per heavy atom. The number of hydrogen-bond donors (Lipinski definition) is 3. The molecule has 0 radical (unpaired) electrons. The van der Waals surface area contributed by atoms with Crippen molar-refractivity contribution in [1.82, 2.24) is 5.32 Å². The quantitative estimate of drug-likeness (QED) is 0.647. The first-order valence-corrected chi connectivity index (χ1v) is 6.17. The van der Waals surface area contributed by atoms with Gasteiger partial charge < -0.3 is 15.5 Å². The highest BCUT2D eigenvalue weighted by atomic mass is 16.3. The number of aliphatic hydroxyl groups excluding tert-OH is 2. The van der Waals surface area contributed by atoms with Crippen LogP contribution in [0.25, 0.3) is 0 Å². The maximum absolute atomic E-state index is 9.69. The van der Waals surface area contributed by atoms with Gasteiger partial charge in [-0.25, -0.2) is 0 Å². The van der Waals surface area contributed by atoms with E-state index >= 15 is 0 Å². The van der Waals surface area contributed by atoms with Crippen LogP contribution >= 0.6 is 0 Å². The Labute approximate surface area is 92.9 Å². The molecule has 0 aromatic rings. The molecule has 0 aliphatic heterocycles. The summed E-state index contributed by atoms with van der Waals surface area (Å²) in [4.78, 5) is 0. The van der Waals surface area contributed by atoms with Crippen molar-refractivity contribution in [2.75, 3.05) is 6.54 Å². The lowest BCUT2D eigenvalue weighted by atomic mass is 9.93. The Kier molecular flexibility index (Phi) is 5.58. The van der Waals surface area contributed by atoms with Crippen LogP contribution in [0.1, 0.15) is 46.0 Å². The zero-order valence-electron chi connectivity index (χ0n) is 9.95. The summed E-state index contributed by atoms with van der Waals surface area (Å²) in [5, 5.41) is 22.4. The Balaban J connectivity index is 2.09. The first kappa shape index (κ1) is 12.9. The molecule has 3 N–H and O–H groups in total. The molecule has 3 nitrogen and oxygen atoms in total. The molecule has 1 atom stereocenters. The second kappa shape index (κ2) is 6.46. The molecule has 0 spiro atoms. The molecular weight excluding hydrogens is 190 g/mol. The summed E-state index contributed by atoms with van der Waals surface area (Å²) >= 11 is 0. The van der Waals surface area contributed by atoms with Crippen molar-refractivity contribution in [2.24, 2.45) is 5.92 Å². The largest absolute Gasteiger partial charge is 0.393 e. The normalized spacial score (nSPS) is 29.4. The second-order valence-corrected chi connectivity index (χ2v) is 5.20. The Hall–Kier alpha value is -0.120. The third-order valence-electron chi connectivity index (χ3n) is 3.08. The van der Waals surface area contributed by atoms with E-state index in [2.05, 4.69) is 19.2 Å². The molecule has 1 aliphatic carbocycles. The topological polar surface area (TPSA) is 52.5 Å². The van der Waals surface area contributed by atoms with Gasteiger partial charge in [-0.2, -0.15) is 0 Å². The molecule has 1 saturated carbocycles. The smallest absolute Gasteiger partial charge is 0.0667 e. The van der Waals surface area contributed by atoms with Crippen LogP contribution in [0.4, 0.5) is 0 Å². The van der Waals surface area contributed by atoms with E-state index in [4.69, 9.17) is 0 Å². The third-order valence-corrected chi connectivity index (χ3v) is 3.08. The summed E-state index contributed by atoms with van der Waals surface area (Å²) in [7, 11) is 0. The van der Waals surface area contributed by atoms with Gasteiger partial charge in [-0.1, -0.05) is 13.8 Å². The summed E-state index contributed by atoms with van der Waals surface area (Å²) in [5.74, 6) is 0.551. The highest BCUT2D eigenvalue weighted by molar-refractivity contribution is 4.77. The van der Waals surface area contributed by atoms with Gasteiger partial charge in [0.25, 0.3) is 0 Å². The van der Waals surface area contributed by atoms with E-state index in [1.807, 2.05) is 0 Å². The first-order chi connectivity index (χ1) is 7.08. The fourth-order valence-corrected chi connectivity index (χ4v) is 2.21. The molecule has 0 aromatic heterocycles. The lowest BCUT2D eigenvalue weighted by molar-refractivity contribution is 0.105. The fourth-order valence-electron chi connectivity index (χ4n) is 2.21. The highest BCUT2D eigenvalue weighted by Crippen LogP contribution is 2.18. The average molecular weight is 215 g/mol. The Morgan fingerprint density at radius 2 is 1.80 bits per heavy atom. The van der Waals surface area contributed by atoms with Crippen molar-refractivity contribution in [3.8, 4) is 0 Å². The maximum atomic E-state index is 9.69. The van der Waals surface area contributed by atoms with Gasteiger partial charge in [-0.3, -0.25) is 0 Å². The van der Waals surface area contributed by atoms with Gasteiger partial charge in [0.05, 0.1) is 12.2 Å². The Morgan fingerprint density at radius 3 is 2.33 bits per heavy atom. The van der Waals surface area contributed by atoms with E-state index in [0.29, 0.717) is 18.5 Å². The fraction of sp³-hybridized carbons (Fsp3) is 1.00. The van der Waals surface area contributed by atoms with Crippen LogP contribution in [0.3, 0.4) is 0 Å². The molecule has 3 heteroatoms. The number of nitrogens with one attached hydrogen (secondary N) is 1. The van der Waals surface area contributed by atoms with Crippen LogP contribution < -0.4 is 5.32 Å². The zero-order valence-corrected chi connectivity index (χ0v) is 9.95. The molecule has 0 aromatic carbocycles. The van der Waals surface area contributed by atoms with Crippen LogP contribution in [-0.4, -0.2) is 35.0 Å². The number of hydrogen-bond acceptors (Lipinski definition) is 3. The zero-order chi connectivity index (χ0) is 11.3. The van der Waals surface area contributed by atoms with E-state index in [1.54, 1.807) is 0 Å². The van der Waals surface area contributed by atoms with E-state index in [-0.39, 0.29) is 12.2 Å². The lowest BCUT2D eigenvalue weighted by Gasteiger charge is -2.27. The standard InChI is InChI=1S/C12H25NO2/c1-9(2)7-12(15)8-13-10-3-5-11(14)6-4-10/h9-15H,3-8H2,1-2H3. The summed E-state index contributed by atoms with van der Waals surface area (Å²) in [6.45, 7) is 4.94. The molecule has 0 heterocycles. The number of aliphatic hydroxyl groups is 2. The van der Waals surface area contributed by atoms with Gasteiger partial charge in [0.15, 0.2) is 0 Å². The van der Waals surface area contributed by atoms with Crippen molar-refractivity contribution < 1.29 is 10.2 Å². The van der Waals surface area contributed by atoms with Gasteiger partial charge in [-0.15, -0.1) is 0 Å². The van der Waals surface area contributed by atoms with Crippen LogP contribution in [-0.2, 0) is 0 Å². The van der Waals surface area contributed by atoms with Crippen LogP contribution in [0.2, 0.25) is 0 Å². The van der Waals surface area contributed by atoms with E-state index in [9.17, 15) is 10.2 Å². The van der Waals surface area contributed by atoms with Crippen LogP contribution in [0.5, 0.6) is 0 Å². The van der Waals surface area contributed by atoms with Crippen molar-refractivity contribution in [2.45, 2.75) is 64.2 Å². The summed E-state index contributed by atoms with van der Waals surface area (Å²) in [6.07, 6.45) is 4.42. The van der Waals surface area contributed by atoms with Gasteiger partial charge in [0, 0.05) is 12.6 Å². The molecule has 0 saturated heterocycles. The predicted octanol–water partition coefficient (Wildman–Crippen LogP) is 1.29. The molecule has 1 fully saturated rings. The predicted molar refractivity (Wildman–Crippen MR) is 61.7 cm³/mol. The molecule has 1 unspecified atom stereocenters. The minimum atomic E-state index is -0.225. The van der Waals surface area contributed by atoms with Crippen molar-refractivity contribution in [1.29, 1.82) is 0 Å². The summed E-state index contributed by atoms with van der Waals surface area (Å²) < 4.78 is 0. The average Bonchev–Trinajstić information content (AvgIpc) is 2.16. The molecule has 0 bridgehead atoms. The lowest BCUT2D eigenvalue weighted by Crippen LogP contribution is -2.39. The van der Waals surface area contributed by atoms with Gasteiger partial charge in [0.2, 0.25) is 0 Å². The molecule has 0 amide bonds. The minimum absolute atomic E-state index is 0.0939. The monoisotopic (exact) mass is 215 g/mol.